The molecule has 2 N–H and O–H groups in total. The second-order valence-electron chi connectivity index (χ2n) is 2.54. The van der Waals surface area contributed by atoms with Crippen LogP contribution in [0, 0.1) is 5.92 Å². The van der Waals surface area contributed by atoms with E-state index in [9.17, 15) is 4.79 Å². The van der Waals surface area contributed by atoms with Crippen molar-refractivity contribution in [3.63, 3.8) is 0 Å². The highest BCUT2D eigenvalue weighted by atomic mass is 35.5. The fraction of sp³-hybridized carbons (Fsp3) is 0.833. The summed E-state index contributed by atoms with van der Waals surface area (Å²) in [5.74, 6) is -0.428. The van der Waals surface area contributed by atoms with E-state index in [4.69, 9.17) is 5.11 Å². The van der Waals surface area contributed by atoms with Gasteiger partial charge in [-0.1, -0.05) is 6.92 Å². The van der Waals surface area contributed by atoms with Gasteiger partial charge in [0.25, 0.3) is 0 Å². The highest BCUT2D eigenvalue weighted by molar-refractivity contribution is 5.85. The Morgan fingerprint density at radius 1 is 1.70 bits per heavy atom. The number of hydrogen-bond acceptors (Lipinski definition) is 2. The lowest BCUT2D eigenvalue weighted by Gasteiger charge is -2.07. The molecule has 4 heteroatoms. The van der Waals surface area contributed by atoms with Crippen LogP contribution in [0.15, 0.2) is 0 Å². The molecule has 1 saturated heterocycles. The summed E-state index contributed by atoms with van der Waals surface area (Å²) in [6.07, 6.45) is 0.983. The number of nitrogens with one attached hydrogen (secondary N) is 1. The molecule has 0 amide bonds. The van der Waals surface area contributed by atoms with Crippen molar-refractivity contribution in [2.45, 2.75) is 19.4 Å². The third kappa shape index (κ3) is 1.85. The van der Waals surface area contributed by atoms with Crippen LogP contribution < -0.4 is 5.32 Å². The molecule has 1 heterocycles. The van der Waals surface area contributed by atoms with Gasteiger partial charge in [-0.3, -0.25) is 4.79 Å². The molecule has 1 unspecified atom stereocenters. The van der Waals surface area contributed by atoms with Crippen molar-refractivity contribution in [2.24, 2.45) is 5.92 Å². The quantitative estimate of drug-likeness (QED) is 0.595. The molecule has 0 aliphatic carbocycles. The number of halogens is 1. The Morgan fingerprint density at radius 2 is 2.30 bits per heavy atom. The third-order valence-electron chi connectivity index (χ3n) is 1.80. The lowest BCUT2D eigenvalue weighted by Crippen LogP contribution is -2.34. The number of hydrogen-bond donors (Lipinski definition) is 2. The van der Waals surface area contributed by atoms with E-state index in [-0.39, 0.29) is 18.4 Å². The van der Waals surface area contributed by atoms with Gasteiger partial charge in [0.2, 0.25) is 0 Å². The van der Waals surface area contributed by atoms with Gasteiger partial charge in [-0.15, -0.1) is 12.4 Å². The predicted octanol–water partition coefficient (Wildman–Crippen LogP) is 0.491. The summed E-state index contributed by atoms with van der Waals surface area (Å²) in [4.78, 5) is 10.3. The summed E-state index contributed by atoms with van der Waals surface area (Å²) < 4.78 is 0. The maximum absolute atomic E-state index is 10.3. The zero-order valence-electron chi connectivity index (χ0n) is 5.83. The van der Waals surface area contributed by atoms with E-state index < -0.39 is 5.97 Å². The van der Waals surface area contributed by atoms with E-state index in [0.29, 0.717) is 5.92 Å². The fourth-order valence-corrected chi connectivity index (χ4v) is 1.17. The maximum atomic E-state index is 10.3. The van der Waals surface area contributed by atoms with Gasteiger partial charge in [0.1, 0.15) is 6.04 Å². The minimum atomic E-state index is -0.722. The van der Waals surface area contributed by atoms with Crippen LogP contribution in [0.2, 0.25) is 0 Å². The summed E-state index contributed by atoms with van der Waals surface area (Å²) in [7, 11) is 0. The lowest BCUT2D eigenvalue weighted by molar-refractivity contribution is -0.139. The van der Waals surface area contributed by atoms with Crippen molar-refractivity contribution in [3.05, 3.63) is 0 Å². The van der Waals surface area contributed by atoms with Crippen molar-refractivity contribution >= 4 is 18.4 Å². The average molecular weight is 166 g/mol. The Hall–Kier alpha value is -0.280. The number of carbonyl (C=O) groups is 1. The van der Waals surface area contributed by atoms with Gasteiger partial charge in [-0.2, -0.15) is 0 Å². The molecule has 0 aromatic rings. The Bertz CT molecular complexity index is 129. The SMILES string of the molecule is CC1CCN[C@@H]1C(=O)O.Cl. The fourth-order valence-electron chi connectivity index (χ4n) is 1.17. The second-order valence-corrected chi connectivity index (χ2v) is 2.54. The number of carboxylic acids is 1. The molecule has 1 fully saturated rings. The molecule has 0 aromatic heterocycles. The molecule has 60 valence electrons. The van der Waals surface area contributed by atoms with Crippen LogP contribution in [0.1, 0.15) is 13.3 Å². The summed E-state index contributed by atoms with van der Waals surface area (Å²) in [6, 6.07) is -0.301. The standard InChI is InChI=1S/C6H11NO2.ClH/c1-4-2-3-7-5(4)6(8)9;/h4-5,7H,2-3H2,1H3,(H,8,9);1H/t4?,5-;/m0./s1. The molecule has 10 heavy (non-hydrogen) atoms. The first-order valence-electron chi connectivity index (χ1n) is 3.18. The van der Waals surface area contributed by atoms with E-state index in [1.165, 1.54) is 0 Å². The molecule has 1 aliphatic heterocycles. The average Bonchev–Trinajstić information content (AvgIpc) is 2.13. The van der Waals surface area contributed by atoms with Crippen LogP contribution in [-0.2, 0) is 4.79 Å². The Kier molecular flexibility index (Phi) is 3.68. The van der Waals surface area contributed by atoms with Crippen LogP contribution in [0.3, 0.4) is 0 Å². The van der Waals surface area contributed by atoms with Crippen molar-refractivity contribution in [1.82, 2.24) is 5.32 Å². The van der Waals surface area contributed by atoms with Gasteiger partial charge in [-0.25, -0.2) is 0 Å². The Labute approximate surface area is 66.2 Å². The minimum absolute atomic E-state index is 0. The molecule has 0 saturated carbocycles. The number of carboxylic acid groups (broad SMARTS) is 1. The first-order valence-corrected chi connectivity index (χ1v) is 3.18. The molecule has 0 bridgehead atoms. The summed E-state index contributed by atoms with van der Waals surface area (Å²) in [6.45, 7) is 2.80. The minimum Gasteiger partial charge on any atom is -0.480 e. The van der Waals surface area contributed by atoms with Crippen LogP contribution in [-0.4, -0.2) is 23.7 Å². The summed E-state index contributed by atoms with van der Waals surface area (Å²) in [5.41, 5.74) is 0. The molecular formula is C6H12ClNO2. The highest BCUT2D eigenvalue weighted by Crippen LogP contribution is 2.13. The van der Waals surface area contributed by atoms with E-state index >= 15 is 0 Å². The van der Waals surface area contributed by atoms with Gasteiger partial charge in [-0.05, 0) is 18.9 Å². The van der Waals surface area contributed by atoms with Gasteiger partial charge in [0.15, 0.2) is 0 Å². The van der Waals surface area contributed by atoms with E-state index in [1.807, 2.05) is 6.92 Å². The van der Waals surface area contributed by atoms with Crippen LogP contribution in [0.5, 0.6) is 0 Å². The normalized spacial score (nSPS) is 31.3. The highest BCUT2D eigenvalue weighted by Gasteiger charge is 2.28. The monoisotopic (exact) mass is 165 g/mol. The first-order chi connectivity index (χ1) is 4.22. The molecule has 0 radical (unpaired) electrons. The van der Waals surface area contributed by atoms with Gasteiger partial charge < -0.3 is 10.4 Å². The smallest absolute Gasteiger partial charge is 0.320 e. The van der Waals surface area contributed by atoms with E-state index in [2.05, 4.69) is 5.32 Å². The van der Waals surface area contributed by atoms with Crippen LogP contribution in [0.25, 0.3) is 0 Å². The number of aliphatic carboxylic acids is 1. The topological polar surface area (TPSA) is 49.3 Å². The molecule has 2 atom stereocenters. The Balaban J connectivity index is 0.000000810. The molecule has 3 nitrogen and oxygen atoms in total. The lowest BCUT2D eigenvalue weighted by atomic mass is 10.0. The van der Waals surface area contributed by atoms with Crippen LogP contribution >= 0.6 is 12.4 Å². The van der Waals surface area contributed by atoms with Crippen molar-refractivity contribution in [3.8, 4) is 0 Å². The summed E-state index contributed by atoms with van der Waals surface area (Å²) >= 11 is 0. The largest absolute Gasteiger partial charge is 0.480 e. The molecule has 0 aromatic carbocycles. The summed E-state index contributed by atoms with van der Waals surface area (Å²) in [5, 5.41) is 11.4. The van der Waals surface area contributed by atoms with Gasteiger partial charge >= 0.3 is 5.97 Å². The van der Waals surface area contributed by atoms with Crippen LogP contribution in [0.4, 0.5) is 0 Å². The third-order valence-corrected chi connectivity index (χ3v) is 1.80. The molecular weight excluding hydrogens is 154 g/mol. The van der Waals surface area contributed by atoms with Crippen molar-refractivity contribution < 1.29 is 9.90 Å². The zero-order valence-corrected chi connectivity index (χ0v) is 6.65. The first kappa shape index (κ1) is 9.72. The molecule has 1 rings (SSSR count). The van der Waals surface area contributed by atoms with E-state index in [0.717, 1.165) is 13.0 Å². The van der Waals surface area contributed by atoms with Gasteiger partial charge in [0.05, 0.1) is 0 Å². The molecule has 1 aliphatic rings. The van der Waals surface area contributed by atoms with Crippen molar-refractivity contribution in [2.75, 3.05) is 6.54 Å². The second kappa shape index (κ2) is 3.78. The van der Waals surface area contributed by atoms with E-state index in [1.54, 1.807) is 0 Å². The Morgan fingerprint density at radius 3 is 2.50 bits per heavy atom. The van der Waals surface area contributed by atoms with Gasteiger partial charge in [0, 0.05) is 0 Å². The zero-order chi connectivity index (χ0) is 6.85. The maximum Gasteiger partial charge on any atom is 0.320 e. The number of rotatable bonds is 1. The molecule has 0 spiro atoms. The van der Waals surface area contributed by atoms with Crippen molar-refractivity contribution in [1.29, 1.82) is 0 Å². The predicted molar refractivity (Wildman–Crippen MR) is 40.5 cm³/mol.